The molecule has 3 aliphatic carbocycles. The summed E-state index contributed by atoms with van der Waals surface area (Å²) in [6.07, 6.45) is 9.74. The van der Waals surface area contributed by atoms with Crippen molar-refractivity contribution in [3.63, 3.8) is 0 Å². The summed E-state index contributed by atoms with van der Waals surface area (Å²) in [6.45, 7) is 0.133. The number of esters is 1. The Morgan fingerprint density at radius 3 is 2.40 bits per heavy atom. The first-order valence-electron chi connectivity index (χ1n) is 17.5. The molecule has 3 saturated carbocycles. The van der Waals surface area contributed by atoms with Crippen LogP contribution in [-0.2, 0) is 14.9 Å². The Labute approximate surface area is 281 Å². The minimum Gasteiger partial charge on any atom is -0.493 e. The number of carbonyl (C=O) groups is 1. The minimum atomic E-state index is -2.97. The number of ether oxygens (including phenoxy) is 5. The number of nitrogens with zero attached hydrogens (tertiary/aromatic N) is 1. The molecule has 1 aliphatic heterocycles. The van der Waals surface area contributed by atoms with Gasteiger partial charge in [-0.15, -0.1) is 0 Å². The summed E-state index contributed by atoms with van der Waals surface area (Å²) in [6, 6.07) is 13.4. The second-order valence-electron chi connectivity index (χ2n) is 13.6. The van der Waals surface area contributed by atoms with E-state index in [1.807, 2.05) is 13.0 Å². The monoisotopic (exact) mass is 664 g/mol. The highest BCUT2D eigenvalue weighted by atomic mass is 19.3. The maximum Gasteiger partial charge on any atom is 0.387 e. The van der Waals surface area contributed by atoms with Gasteiger partial charge in [-0.1, -0.05) is 19.1 Å². The van der Waals surface area contributed by atoms with Crippen LogP contribution in [-0.4, -0.2) is 45.1 Å². The number of methoxy groups -OCH3 is 1. The first-order valence-corrected chi connectivity index (χ1v) is 17.5. The predicted octanol–water partition coefficient (Wildman–Crippen LogP) is 8.10. The Hall–Kier alpha value is -4.00. The van der Waals surface area contributed by atoms with Crippen molar-refractivity contribution in [2.75, 3.05) is 20.3 Å². The molecule has 1 saturated heterocycles. The van der Waals surface area contributed by atoms with Gasteiger partial charge in [-0.2, -0.15) is 14.0 Å². The van der Waals surface area contributed by atoms with Gasteiger partial charge in [0, 0.05) is 18.2 Å². The van der Waals surface area contributed by atoms with Gasteiger partial charge in [0.15, 0.2) is 23.0 Å². The molecular weight excluding hydrogens is 618 g/mol. The first-order chi connectivity index (χ1) is 23.3. The molecule has 1 atom stereocenters. The number of rotatable bonds is 13. The Morgan fingerprint density at radius 1 is 0.979 bits per heavy atom. The maximum absolute atomic E-state index is 13.5. The molecule has 48 heavy (non-hydrogen) atoms. The number of allylic oxidation sites excluding steroid dienone is 1. The standard InChI is InChI=1S/C38H46F2N2O6/c1-3-30(31-18-26(21-42-31)25-10-12-32(44-2)35(19-25)46-28-6-4-5-7-28)36(43)47-29-14-16-38(23-41,17-15-29)27-11-13-33(48-37(39)40)34(20-27)45-22-24-8-9-24/h10-13,19-20,24,26,28-29,37,42H,3-9,14-18,21-22H2,1-2H3/t26-,29?,38?/m0/s1. The number of hydrogen-bond acceptors (Lipinski definition) is 8. The highest BCUT2D eigenvalue weighted by molar-refractivity contribution is 5.89. The Kier molecular flexibility index (Phi) is 10.6. The zero-order chi connectivity index (χ0) is 33.7. The van der Waals surface area contributed by atoms with E-state index >= 15 is 0 Å². The van der Waals surface area contributed by atoms with Crippen molar-refractivity contribution >= 4 is 5.97 Å². The molecule has 8 nitrogen and oxygen atoms in total. The summed E-state index contributed by atoms with van der Waals surface area (Å²) >= 11 is 0. The molecule has 1 heterocycles. The van der Waals surface area contributed by atoms with Gasteiger partial charge < -0.3 is 29.0 Å². The molecule has 1 N–H and O–H groups in total. The molecule has 0 aromatic heterocycles. The summed E-state index contributed by atoms with van der Waals surface area (Å²) in [7, 11) is 1.66. The average Bonchev–Trinajstić information content (AvgIpc) is 3.54. The molecule has 0 bridgehead atoms. The fourth-order valence-corrected chi connectivity index (χ4v) is 7.30. The predicted molar refractivity (Wildman–Crippen MR) is 175 cm³/mol. The minimum absolute atomic E-state index is 0.0298. The molecule has 258 valence electrons. The van der Waals surface area contributed by atoms with Crippen LogP contribution in [0.5, 0.6) is 23.0 Å². The molecule has 10 heteroatoms. The van der Waals surface area contributed by atoms with E-state index in [2.05, 4.69) is 23.5 Å². The summed E-state index contributed by atoms with van der Waals surface area (Å²) in [5, 5.41) is 13.8. The Balaban J connectivity index is 1.09. The molecule has 2 aromatic rings. The fraction of sp³-hybridized carbons (Fsp3) is 0.579. The smallest absolute Gasteiger partial charge is 0.387 e. The molecule has 4 aliphatic rings. The molecular formula is C38H46F2N2O6. The van der Waals surface area contributed by atoms with Gasteiger partial charge in [0.1, 0.15) is 6.10 Å². The quantitative estimate of drug-likeness (QED) is 0.170. The highest BCUT2D eigenvalue weighted by Gasteiger charge is 2.40. The van der Waals surface area contributed by atoms with Crippen molar-refractivity contribution in [1.82, 2.24) is 5.32 Å². The second kappa shape index (κ2) is 15.0. The van der Waals surface area contributed by atoms with Gasteiger partial charge in [0.25, 0.3) is 0 Å². The topological polar surface area (TPSA) is 99.0 Å². The van der Waals surface area contributed by atoms with Crippen LogP contribution in [0.1, 0.15) is 101 Å². The van der Waals surface area contributed by atoms with Crippen LogP contribution in [0.25, 0.3) is 0 Å². The maximum atomic E-state index is 13.5. The molecule has 2 aromatic carbocycles. The number of alkyl halides is 2. The third kappa shape index (κ3) is 7.82. The summed E-state index contributed by atoms with van der Waals surface area (Å²) in [5.74, 6) is 2.01. The van der Waals surface area contributed by atoms with Crippen LogP contribution in [0.2, 0.25) is 0 Å². The molecule has 6 rings (SSSR count). The van der Waals surface area contributed by atoms with Gasteiger partial charge in [0.05, 0.1) is 36.9 Å². The van der Waals surface area contributed by atoms with Gasteiger partial charge in [-0.3, -0.25) is 0 Å². The SMILES string of the molecule is CCC(C(=O)OC1CCC(C#N)(c2ccc(OC(F)F)c(OCC3CC3)c2)CC1)=C1C[C@H](c2ccc(OC)c(OC3CCCC3)c2)CN1. The van der Waals surface area contributed by atoms with Crippen LogP contribution in [0, 0.1) is 17.2 Å². The molecule has 0 unspecified atom stereocenters. The van der Waals surface area contributed by atoms with E-state index in [9.17, 15) is 18.8 Å². The van der Waals surface area contributed by atoms with Crippen LogP contribution in [0.15, 0.2) is 47.7 Å². The highest BCUT2D eigenvalue weighted by Crippen LogP contribution is 2.44. The van der Waals surface area contributed by atoms with E-state index in [0.29, 0.717) is 68.7 Å². The van der Waals surface area contributed by atoms with Crippen molar-refractivity contribution in [2.24, 2.45) is 5.92 Å². The summed E-state index contributed by atoms with van der Waals surface area (Å²) < 4.78 is 54.6. The van der Waals surface area contributed by atoms with Crippen molar-refractivity contribution < 1.29 is 37.3 Å². The van der Waals surface area contributed by atoms with Crippen LogP contribution in [0.3, 0.4) is 0 Å². The number of benzene rings is 2. The van der Waals surface area contributed by atoms with Crippen molar-refractivity contribution in [1.29, 1.82) is 5.26 Å². The lowest BCUT2D eigenvalue weighted by Crippen LogP contribution is -2.34. The first kappa shape index (κ1) is 33.9. The van der Waals surface area contributed by atoms with Gasteiger partial charge >= 0.3 is 12.6 Å². The lowest BCUT2D eigenvalue weighted by molar-refractivity contribution is -0.146. The van der Waals surface area contributed by atoms with E-state index in [0.717, 1.165) is 48.4 Å². The molecule has 0 radical (unpaired) electrons. The fourth-order valence-electron chi connectivity index (χ4n) is 7.30. The van der Waals surface area contributed by atoms with Crippen molar-refractivity contribution in [3.8, 4) is 29.1 Å². The van der Waals surface area contributed by atoms with Crippen LogP contribution < -0.4 is 24.3 Å². The summed E-state index contributed by atoms with van der Waals surface area (Å²) in [4.78, 5) is 13.5. The van der Waals surface area contributed by atoms with Crippen molar-refractivity contribution in [2.45, 2.75) is 114 Å². The molecule has 4 fully saturated rings. The third-order valence-electron chi connectivity index (χ3n) is 10.4. The van der Waals surface area contributed by atoms with Gasteiger partial charge in [-0.05, 0) is 118 Å². The van der Waals surface area contributed by atoms with Gasteiger partial charge in [-0.25, -0.2) is 4.79 Å². The second-order valence-corrected chi connectivity index (χ2v) is 13.6. The van der Waals surface area contributed by atoms with E-state index in [1.165, 1.54) is 18.9 Å². The zero-order valence-electron chi connectivity index (χ0n) is 27.9. The van der Waals surface area contributed by atoms with Crippen molar-refractivity contribution in [3.05, 3.63) is 58.8 Å². The van der Waals surface area contributed by atoms with Gasteiger partial charge in [0.2, 0.25) is 0 Å². The number of hydrogen-bond donors (Lipinski definition) is 1. The molecule has 0 amide bonds. The van der Waals surface area contributed by atoms with E-state index in [1.54, 1.807) is 19.2 Å². The van der Waals surface area contributed by atoms with E-state index in [4.69, 9.17) is 23.7 Å². The largest absolute Gasteiger partial charge is 0.493 e. The molecule has 0 spiro atoms. The van der Waals surface area contributed by atoms with Crippen LogP contribution >= 0.6 is 0 Å². The van der Waals surface area contributed by atoms with E-state index in [-0.39, 0.29) is 35.6 Å². The number of nitriles is 1. The van der Waals surface area contributed by atoms with E-state index < -0.39 is 12.0 Å². The van der Waals surface area contributed by atoms with Crippen LogP contribution in [0.4, 0.5) is 8.78 Å². The zero-order valence-corrected chi connectivity index (χ0v) is 27.9. The normalized spacial score (nSPS) is 25.2. The number of nitrogens with one attached hydrogen (secondary N) is 1. The number of carbonyl (C=O) groups excluding carboxylic acids is 1. The Bertz CT molecular complexity index is 1520. The number of halogens is 2. The third-order valence-corrected chi connectivity index (χ3v) is 10.4. The average molecular weight is 665 g/mol. The summed E-state index contributed by atoms with van der Waals surface area (Å²) in [5.41, 5.74) is 2.57. The lowest BCUT2D eigenvalue weighted by Gasteiger charge is -2.35. The Morgan fingerprint density at radius 2 is 1.73 bits per heavy atom. The lowest BCUT2D eigenvalue weighted by atomic mass is 9.69.